The number of carboxylic acid groups (broad SMARTS) is 1. The molecular weight excluding hydrogens is 575 g/mol. The van der Waals surface area contributed by atoms with E-state index in [1.165, 1.54) is 12.3 Å². The van der Waals surface area contributed by atoms with Crippen molar-refractivity contribution >= 4 is 51.9 Å². The Balaban J connectivity index is 1.21. The quantitative estimate of drug-likeness (QED) is 0.198. The smallest absolute Gasteiger partial charge is 0.338 e. The number of fused-ring (bicyclic) bond motifs is 1. The van der Waals surface area contributed by atoms with E-state index < -0.39 is 5.97 Å². The van der Waals surface area contributed by atoms with Crippen molar-refractivity contribution in [2.45, 2.75) is 32.3 Å². The number of benzene rings is 3. The number of carboxylic acids is 1. The number of aromatic carboxylic acids is 1. The van der Waals surface area contributed by atoms with Gasteiger partial charge in [0.2, 0.25) is 0 Å². The number of hydrogen-bond donors (Lipinski definition) is 1. The lowest BCUT2D eigenvalue weighted by atomic mass is 10.0. The van der Waals surface area contributed by atoms with E-state index in [-0.39, 0.29) is 17.7 Å². The molecule has 2 heterocycles. The van der Waals surface area contributed by atoms with Gasteiger partial charge in [-0.05, 0) is 54.7 Å². The van der Waals surface area contributed by atoms with Crippen molar-refractivity contribution in [2.24, 2.45) is 0 Å². The van der Waals surface area contributed by atoms with Crippen molar-refractivity contribution in [2.75, 3.05) is 0 Å². The van der Waals surface area contributed by atoms with E-state index in [1.807, 2.05) is 12.1 Å². The summed E-state index contributed by atoms with van der Waals surface area (Å²) in [5, 5.41) is 15.1. The number of ether oxygens (including phenoxy) is 1. The summed E-state index contributed by atoms with van der Waals surface area (Å²) >= 11 is 19.7. The molecule has 2 aromatic heterocycles. The Kier molecular flexibility index (Phi) is 6.93. The number of rotatable bonds is 6. The molecule has 10 heteroatoms. The van der Waals surface area contributed by atoms with Crippen LogP contribution in [0.5, 0.6) is 5.75 Å². The lowest BCUT2D eigenvalue weighted by molar-refractivity contribution is 0.0698. The van der Waals surface area contributed by atoms with Crippen LogP contribution in [0.1, 0.15) is 57.3 Å². The Bertz CT molecular complexity index is 1860. The van der Waals surface area contributed by atoms with Crippen molar-refractivity contribution in [1.29, 1.82) is 0 Å². The summed E-state index contributed by atoms with van der Waals surface area (Å²) in [6.07, 6.45) is 3.72. The van der Waals surface area contributed by atoms with Crippen molar-refractivity contribution < 1.29 is 23.6 Å². The second kappa shape index (κ2) is 10.5. The fourth-order valence-corrected chi connectivity index (χ4v) is 5.35. The normalized spacial score (nSPS) is 12.8. The molecule has 1 N–H and O–H groups in total. The van der Waals surface area contributed by atoms with Crippen molar-refractivity contribution in [1.82, 2.24) is 10.1 Å². The Hall–Kier alpha value is -3.96. The Labute approximate surface area is 243 Å². The van der Waals surface area contributed by atoms with Gasteiger partial charge in [0.1, 0.15) is 29.8 Å². The number of aryl methyl sites for hydroxylation is 1. The van der Waals surface area contributed by atoms with E-state index in [0.29, 0.717) is 66.2 Å². The molecule has 1 aliphatic rings. The SMILES string of the molecule is Cc1nc2c(C(=O)O)cc(C#Cc3ccc(OCc4conc4-c4c(Cl)ccc(C5CC5)c4Cl)cc3Cl)cc2o1. The summed E-state index contributed by atoms with van der Waals surface area (Å²) in [4.78, 5) is 15.8. The van der Waals surface area contributed by atoms with E-state index in [2.05, 4.69) is 22.0 Å². The highest BCUT2D eigenvalue weighted by Crippen LogP contribution is 2.48. The largest absolute Gasteiger partial charge is 0.489 e. The number of oxazole rings is 1. The topological polar surface area (TPSA) is 98.6 Å². The van der Waals surface area contributed by atoms with Crippen LogP contribution in [0.25, 0.3) is 22.4 Å². The third kappa shape index (κ3) is 5.14. The van der Waals surface area contributed by atoms with Gasteiger partial charge in [0.25, 0.3) is 0 Å². The van der Waals surface area contributed by atoms with E-state index in [9.17, 15) is 9.90 Å². The average Bonchev–Trinajstić information content (AvgIpc) is 3.53. The van der Waals surface area contributed by atoms with Crippen LogP contribution in [0.4, 0.5) is 0 Å². The zero-order chi connectivity index (χ0) is 28.0. The fraction of sp³-hybridized carbons (Fsp3) is 0.167. The van der Waals surface area contributed by atoms with Crippen LogP contribution in [-0.2, 0) is 6.61 Å². The highest BCUT2D eigenvalue weighted by Gasteiger charge is 2.29. The molecule has 0 aliphatic heterocycles. The monoisotopic (exact) mass is 592 g/mol. The first kappa shape index (κ1) is 26.3. The molecule has 1 saturated carbocycles. The van der Waals surface area contributed by atoms with Crippen LogP contribution in [-0.4, -0.2) is 21.2 Å². The molecule has 0 spiro atoms. The maximum absolute atomic E-state index is 11.7. The summed E-state index contributed by atoms with van der Waals surface area (Å²) in [6, 6.07) is 12.0. The van der Waals surface area contributed by atoms with Gasteiger partial charge < -0.3 is 18.8 Å². The van der Waals surface area contributed by atoms with Crippen LogP contribution >= 0.6 is 34.8 Å². The minimum absolute atomic E-state index is 0.0171. The van der Waals surface area contributed by atoms with Gasteiger partial charge in [0.05, 0.1) is 26.2 Å². The molecule has 0 atom stereocenters. The predicted octanol–water partition coefficient (Wildman–Crippen LogP) is 8.31. The van der Waals surface area contributed by atoms with Gasteiger partial charge in [-0.2, -0.15) is 0 Å². The first-order valence-corrected chi connectivity index (χ1v) is 13.4. The van der Waals surface area contributed by atoms with Crippen LogP contribution < -0.4 is 4.74 Å². The molecule has 6 rings (SSSR count). The summed E-state index contributed by atoms with van der Waals surface area (Å²) in [6.45, 7) is 1.80. The molecule has 40 heavy (non-hydrogen) atoms. The van der Waals surface area contributed by atoms with Crippen molar-refractivity contribution in [3.8, 4) is 28.8 Å². The fourth-order valence-electron chi connectivity index (χ4n) is 4.42. The van der Waals surface area contributed by atoms with Crippen LogP contribution in [0.2, 0.25) is 15.1 Å². The Morgan fingerprint density at radius 3 is 2.67 bits per heavy atom. The van der Waals surface area contributed by atoms with E-state index >= 15 is 0 Å². The second-order valence-electron chi connectivity index (χ2n) is 9.38. The first-order chi connectivity index (χ1) is 19.3. The first-order valence-electron chi connectivity index (χ1n) is 12.3. The van der Waals surface area contributed by atoms with Gasteiger partial charge in [-0.3, -0.25) is 0 Å². The van der Waals surface area contributed by atoms with Crippen LogP contribution in [0.3, 0.4) is 0 Å². The van der Waals surface area contributed by atoms with E-state index in [1.54, 1.807) is 31.2 Å². The van der Waals surface area contributed by atoms with Crippen molar-refractivity contribution in [3.63, 3.8) is 0 Å². The maximum Gasteiger partial charge on any atom is 0.338 e. The second-order valence-corrected chi connectivity index (χ2v) is 10.6. The van der Waals surface area contributed by atoms with Gasteiger partial charge in [-0.25, -0.2) is 9.78 Å². The minimum atomic E-state index is -1.11. The molecule has 200 valence electrons. The number of nitrogens with zero attached hydrogens (tertiary/aromatic N) is 2. The van der Waals surface area contributed by atoms with Crippen LogP contribution in [0.15, 0.2) is 57.7 Å². The molecular formula is C30H19Cl3N2O5. The van der Waals surface area contributed by atoms with Crippen molar-refractivity contribution in [3.05, 3.63) is 97.5 Å². The highest BCUT2D eigenvalue weighted by atomic mass is 35.5. The van der Waals surface area contributed by atoms with Gasteiger partial charge in [0.15, 0.2) is 11.5 Å². The van der Waals surface area contributed by atoms with Gasteiger partial charge >= 0.3 is 5.97 Å². The summed E-state index contributed by atoms with van der Waals surface area (Å²) in [5.74, 6) is 6.16. The summed E-state index contributed by atoms with van der Waals surface area (Å²) in [7, 11) is 0. The molecule has 5 aromatic rings. The molecule has 0 amide bonds. The molecule has 0 radical (unpaired) electrons. The Morgan fingerprint density at radius 1 is 1.10 bits per heavy atom. The Morgan fingerprint density at radius 2 is 1.93 bits per heavy atom. The average molecular weight is 594 g/mol. The van der Waals surface area contributed by atoms with Gasteiger partial charge in [-0.1, -0.05) is 57.9 Å². The highest BCUT2D eigenvalue weighted by molar-refractivity contribution is 6.39. The summed E-state index contributed by atoms with van der Waals surface area (Å²) in [5.41, 5.74) is 4.57. The zero-order valence-corrected chi connectivity index (χ0v) is 23.2. The predicted molar refractivity (Wildman–Crippen MR) is 151 cm³/mol. The van der Waals surface area contributed by atoms with Gasteiger partial charge in [0, 0.05) is 29.7 Å². The van der Waals surface area contributed by atoms with E-state index in [4.69, 9.17) is 48.5 Å². The molecule has 0 bridgehead atoms. The number of aromatic nitrogens is 2. The minimum Gasteiger partial charge on any atom is -0.489 e. The number of hydrogen-bond acceptors (Lipinski definition) is 6. The third-order valence-electron chi connectivity index (χ3n) is 6.53. The molecule has 7 nitrogen and oxygen atoms in total. The standard InChI is InChI=1S/C30H19Cl3N2O5/c1-15-34-29-22(30(36)37)10-16(11-25(29)40-15)2-3-18-6-7-20(12-24(18)32)38-13-19-14-39-35-28(19)26-23(31)9-8-21(27(26)33)17-4-5-17/h6-12,14,17H,4-5,13H2,1H3,(H,36,37). The lowest BCUT2D eigenvalue weighted by Gasteiger charge is -2.11. The molecule has 3 aromatic carbocycles. The zero-order valence-electron chi connectivity index (χ0n) is 20.9. The summed E-state index contributed by atoms with van der Waals surface area (Å²) < 4.78 is 16.7. The third-order valence-corrected chi connectivity index (χ3v) is 7.56. The molecule has 0 unspecified atom stereocenters. The number of carbonyl (C=O) groups is 1. The maximum atomic E-state index is 11.7. The molecule has 1 aliphatic carbocycles. The van der Waals surface area contributed by atoms with Gasteiger partial charge in [-0.15, -0.1) is 0 Å². The lowest BCUT2D eigenvalue weighted by Crippen LogP contribution is -1.98. The molecule has 0 saturated heterocycles. The van der Waals surface area contributed by atoms with E-state index in [0.717, 1.165) is 18.4 Å². The van der Waals surface area contributed by atoms with Crippen LogP contribution in [0, 0.1) is 18.8 Å². The molecule has 1 fully saturated rings. The number of halogens is 3.